The predicted octanol–water partition coefficient (Wildman–Crippen LogP) is 1.65. The first-order valence-corrected chi connectivity index (χ1v) is 3.53. The van der Waals surface area contributed by atoms with E-state index in [-0.39, 0.29) is 6.29 Å². The number of hydrogen-bond acceptors (Lipinski definition) is 2. The topological polar surface area (TPSA) is 30.0 Å². The molecule has 0 aliphatic carbocycles. The van der Waals surface area contributed by atoms with Crippen LogP contribution in [0.15, 0.2) is 18.3 Å². The molecule has 0 aromatic carbocycles. The molecule has 0 aliphatic heterocycles. The number of halogens is 3. The summed E-state index contributed by atoms with van der Waals surface area (Å²) in [6.45, 7) is 0. The summed E-state index contributed by atoms with van der Waals surface area (Å²) in [4.78, 5) is 13.3. The van der Waals surface area contributed by atoms with Crippen LogP contribution in [0.4, 0.5) is 13.2 Å². The highest BCUT2D eigenvalue weighted by atomic mass is 19.4. The maximum Gasteiger partial charge on any atom is 0.419 e. The summed E-state index contributed by atoms with van der Waals surface area (Å²) >= 11 is 0. The lowest BCUT2D eigenvalue weighted by molar-refractivity contribution is -0.138. The lowest BCUT2D eigenvalue weighted by Crippen LogP contribution is -2.08. The minimum atomic E-state index is -4.50. The van der Waals surface area contributed by atoms with E-state index in [1.807, 2.05) is 11.8 Å². The Bertz CT molecular complexity index is 400. The molecule has 0 amide bonds. The molecule has 0 bridgehead atoms. The fourth-order valence-electron chi connectivity index (χ4n) is 0.831. The van der Waals surface area contributed by atoms with Gasteiger partial charge in [0.15, 0.2) is 6.29 Å². The molecule has 0 atom stereocenters. The largest absolute Gasteiger partial charge is 0.419 e. The zero-order chi connectivity index (χ0) is 10.6. The van der Waals surface area contributed by atoms with Gasteiger partial charge in [0.25, 0.3) is 0 Å². The zero-order valence-electron chi connectivity index (χ0n) is 6.80. The minimum Gasteiger partial charge on any atom is -0.289 e. The molecule has 1 heterocycles. The van der Waals surface area contributed by atoms with E-state index in [0.29, 0.717) is 0 Å². The van der Waals surface area contributed by atoms with E-state index < -0.39 is 17.4 Å². The molecular formula is C9H4F3NO. The van der Waals surface area contributed by atoms with Gasteiger partial charge < -0.3 is 0 Å². The SMILES string of the molecule is O=CC#Cc1ncccc1C(F)(F)F. The molecule has 0 N–H and O–H groups in total. The number of aldehydes is 1. The molecule has 0 saturated heterocycles. The van der Waals surface area contributed by atoms with Crippen LogP contribution in [0.5, 0.6) is 0 Å². The molecule has 14 heavy (non-hydrogen) atoms. The Labute approximate surface area is 77.8 Å². The van der Waals surface area contributed by atoms with Crippen LogP contribution >= 0.6 is 0 Å². The van der Waals surface area contributed by atoms with E-state index >= 15 is 0 Å². The lowest BCUT2D eigenvalue weighted by Gasteiger charge is -2.06. The van der Waals surface area contributed by atoms with Gasteiger partial charge >= 0.3 is 6.18 Å². The van der Waals surface area contributed by atoms with E-state index in [1.54, 1.807) is 0 Å². The van der Waals surface area contributed by atoms with Crippen molar-refractivity contribution in [2.45, 2.75) is 6.18 Å². The first-order chi connectivity index (χ1) is 6.55. The first kappa shape index (κ1) is 10.3. The van der Waals surface area contributed by atoms with Crippen molar-refractivity contribution >= 4 is 6.29 Å². The summed E-state index contributed by atoms with van der Waals surface area (Å²) in [6, 6.07) is 2.02. The highest BCUT2D eigenvalue weighted by molar-refractivity contribution is 5.73. The van der Waals surface area contributed by atoms with Crippen molar-refractivity contribution in [1.82, 2.24) is 4.98 Å². The van der Waals surface area contributed by atoms with Gasteiger partial charge in [-0.1, -0.05) is 0 Å². The normalized spacial score (nSPS) is 10.2. The van der Waals surface area contributed by atoms with E-state index in [4.69, 9.17) is 0 Å². The molecule has 0 aliphatic rings. The third-order valence-corrected chi connectivity index (χ3v) is 1.36. The highest BCUT2D eigenvalue weighted by Crippen LogP contribution is 2.30. The molecule has 2 nitrogen and oxygen atoms in total. The van der Waals surface area contributed by atoms with Gasteiger partial charge in [0, 0.05) is 6.20 Å². The van der Waals surface area contributed by atoms with Crippen molar-refractivity contribution in [2.75, 3.05) is 0 Å². The number of carbonyl (C=O) groups excluding carboxylic acids is 1. The third kappa shape index (κ3) is 2.33. The van der Waals surface area contributed by atoms with Crippen LogP contribution < -0.4 is 0 Å². The lowest BCUT2D eigenvalue weighted by atomic mass is 10.2. The van der Waals surface area contributed by atoms with E-state index in [1.165, 1.54) is 6.20 Å². The molecule has 0 unspecified atom stereocenters. The van der Waals surface area contributed by atoms with Crippen LogP contribution in [0.2, 0.25) is 0 Å². The second kappa shape index (κ2) is 3.92. The Morgan fingerprint density at radius 2 is 2.14 bits per heavy atom. The molecule has 0 saturated carbocycles. The van der Waals surface area contributed by atoms with Crippen LogP contribution in [-0.2, 0) is 11.0 Å². The average molecular weight is 199 g/mol. The van der Waals surface area contributed by atoms with Crippen LogP contribution in [0.25, 0.3) is 0 Å². The third-order valence-electron chi connectivity index (χ3n) is 1.36. The molecule has 1 aromatic heterocycles. The smallest absolute Gasteiger partial charge is 0.289 e. The maximum absolute atomic E-state index is 12.3. The number of carbonyl (C=O) groups is 1. The van der Waals surface area contributed by atoms with Gasteiger partial charge in [0.2, 0.25) is 0 Å². The summed E-state index contributed by atoms with van der Waals surface area (Å²) < 4.78 is 36.8. The molecule has 72 valence electrons. The molecule has 0 radical (unpaired) electrons. The van der Waals surface area contributed by atoms with Crippen molar-refractivity contribution < 1.29 is 18.0 Å². The van der Waals surface area contributed by atoms with Gasteiger partial charge in [-0.15, -0.1) is 0 Å². The maximum atomic E-state index is 12.3. The van der Waals surface area contributed by atoms with Crippen molar-refractivity contribution in [3.8, 4) is 11.8 Å². The van der Waals surface area contributed by atoms with Crippen molar-refractivity contribution in [1.29, 1.82) is 0 Å². The Morgan fingerprint density at radius 1 is 1.43 bits per heavy atom. The van der Waals surface area contributed by atoms with Gasteiger partial charge in [-0.2, -0.15) is 13.2 Å². The van der Waals surface area contributed by atoms with Gasteiger partial charge in [-0.05, 0) is 24.0 Å². The van der Waals surface area contributed by atoms with Crippen LogP contribution in [0.1, 0.15) is 11.3 Å². The molecule has 0 fully saturated rings. The Morgan fingerprint density at radius 3 is 2.71 bits per heavy atom. The molecule has 0 spiro atoms. The van der Waals surface area contributed by atoms with Crippen LogP contribution in [0, 0.1) is 11.8 Å². The summed E-state index contributed by atoms with van der Waals surface area (Å²) in [5.41, 5.74) is -1.37. The van der Waals surface area contributed by atoms with Crippen LogP contribution in [-0.4, -0.2) is 11.3 Å². The van der Waals surface area contributed by atoms with Gasteiger partial charge in [0.1, 0.15) is 5.69 Å². The van der Waals surface area contributed by atoms with Gasteiger partial charge in [0.05, 0.1) is 5.56 Å². The number of hydrogen-bond donors (Lipinski definition) is 0. The summed E-state index contributed by atoms with van der Waals surface area (Å²) in [6.07, 6.45) is -3.10. The zero-order valence-corrected chi connectivity index (χ0v) is 6.80. The van der Waals surface area contributed by atoms with E-state index in [0.717, 1.165) is 12.1 Å². The molecule has 5 heteroatoms. The Balaban J connectivity index is 3.23. The Hall–Kier alpha value is -1.83. The number of rotatable bonds is 0. The summed E-state index contributed by atoms with van der Waals surface area (Å²) in [7, 11) is 0. The second-order valence-electron chi connectivity index (χ2n) is 2.28. The number of pyridine rings is 1. The molecule has 1 rings (SSSR count). The van der Waals surface area contributed by atoms with Crippen molar-refractivity contribution in [3.63, 3.8) is 0 Å². The molecular weight excluding hydrogens is 195 g/mol. The average Bonchev–Trinajstić information content (AvgIpc) is 2.14. The minimum absolute atomic E-state index is 0.217. The fourth-order valence-corrected chi connectivity index (χ4v) is 0.831. The summed E-state index contributed by atoms with van der Waals surface area (Å²) in [5.74, 6) is 3.90. The number of nitrogens with zero attached hydrogens (tertiary/aromatic N) is 1. The Kier molecular flexibility index (Phi) is 2.87. The monoisotopic (exact) mass is 199 g/mol. The van der Waals surface area contributed by atoms with E-state index in [9.17, 15) is 18.0 Å². The number of aromatic nitrogens is 1. The van der Waals surface area contributed by atoms with E-state index in [2.05, 4.69) is 4.98 Å². The quantitative estimate of drug-likeness (QED) is 0.469. The fraction of sp³-hybridized carbons (Fsp3) is 0.111. The van der Waals surface area contributed by atoms with Crippen molar-refractivity contribution in [2.24, 2.45) is 0 Å². The summed E-state index contributed by atoms with van der Waals surface area (Å²) in [5, 5.41) is 0. The number of alkyl halides is 3. The predicted molar refractivity (Wildman–Crippen MR) is 42.2 cm³/mol. The first-order valence-electron chi connectivity index (χ1n) is 3.53. The van der Waals surface area contributed by atoms with Crippen LogP contribution in [0.3, 0.4) is 0 Å². The molecule has 1 aromatic rings. The highest BCUT2D eigenvalue weighted by Gasteiger charge is 2.33. The standard InChI is InChI=1S/C9H4F3NO/c10-9(11,12)7-3-1-5-13-8(7)4-2-6-14/h1,3,5-6H. The second-order valence-corrected chi connectivity index (χ2v) is 2.28. The van der Waals surface area contributed by atoms with Crippen molar-refractivity contribution in [3.05, 3.63) is 29.6 Å². The van der Waals surface area contributed by atoms with Gasteiger partial charge in [-0.3, -0.25) is 4.79 Å². The van der Waals surface area contributed by atoms with Gasteiger partial charge in [-0.25, -0.2) is 4.98 Å².